The SMILES string of the molecule is CCOC(=O)C(=O)CC(=O)N1CCOCC1. The third-order valence-electron chi connectivity index (χ3n) is 2.18. The van der Waals surface area contributed by atoms with Gasteiger partial charge in [-0.1, -0.05) is 0 Å². The van der Waals surface area contributed by atoms with Crippen molar-refractivity contribution >= 4 is 17.7 Å². The van der Waals surface area contributed by atoms with Gasteiger partial charge in [0.1, 0.15) is 0 Å². The standard InChI is InChI=1S/C10H15NO5/c1-2-16-10(14)8(12)7-9(13)11-3-5-15-6-4-11/h2-7H2,1H3. The minimum absolute atomic E-state index is 0.135. The Morgan fingerprint density at radius 3 is 2.44 bits per heavy atom. The number of esters is 1. The molecule has 0 aromatic heterocycles. The third-order valence-corrected chi connectivity index (χ3v) is 2.18. The molecule has 0 atom stereocenters. The lowest BCUT2D eigenvalue weighted by molar-refractivity contribution is -0.155. The number of amides is 1. The molecule has 90 valence electrons. The molecule has 6 heteroatoms. The second-order valence-electron chi connectivity index (χ2n) is 3.31. The Labute approximate surface area is 93.5 Å². The van der Waals surface area contributed by atoms with Gasteiger partial charge in [-0.2, -0.15) is 0 Å². The van der Waals surface area contributed by atoms with E-state index in [1.54, 1.807) is 6.92 Å². The first-order valence-corrected chi connectivity index (χ1v) is 5.20. The summed E-state index contributed by atoms with van der Waals surface area (Å²) in [4.78, 5) is 35.3. The lowest BCUT2D eigenvalue weighted by Crippen LogP contribution is -2.42. The molecule has 1 amide bonds. The molecule has 0 aromatic carbocycles. The fourth-order valence-corrected chi connectivity index (χ4v) is 1.35. The van der Waals surface area contributed by atoms with Crippen LogP contribution < -0.4 is 0 Å². The van der Waals surface area contributed by atoms with E-state index in [-0.39, 0.29) is 12.5 Å². The third kappa shape index (κ3) is 3.62. The maximum atomic E-state index is 11.6. The molecule has 1 saturated heterocycles. The molecule has 0 aromatic rings. The molecule has 1 fully saturated rings. The Morgan fingerprint density at radius 1 is 1.25 bits per heavy atom. The summed E-state index contributed by atoms with van der Waals surface area (Å²) >= 11 is 0. The van der Waals surface area contributed by atoms with E-state index < -0.39 is 18.2 Å². The Morgan fingerprint density at radius 2 is 1.88 bits per heavy atom. The molecule has 0 spiro atoms. The molecule has 0 N–H and O–H groups in total. The highest BCUT2D eigenvalue weighted by atomic mass is 16.5. The Hall–Kier alpha value is -1.43. The van der Waals surface area contributed by atoms with Crippen LogP contribution in [0.15, 0.2) is 0 Å². The fourth-order valence-electron chi connectivity index (χ4n) is 1.35. The van der Waals surface area contributed by atoms with E-state index in [1.165, 1.54) is 4.90 Å². The van der Waals surface area contributed by atoms with Crippen LogP contribution >= 0.6 is 0 Å². The summed E-state index contributed by atoms with van der Waals surface area (Å²) in [5.41, 5.74) is 0. The average Bonchev–Trinajstić information content (AvgIpc) is 2.30. The van der Waals surface area contributed by atoms with Gasteiger partial charge in [-0.15, -0.1) is 0 Å². The largest absolute Gasteiger partial charge is 0.460 e. The van der Waals surface area contributed by atoms with Crippen LogP contribution in [0, 0.1) is 0 Å². The van der Waals surface area contributed by atoms with Crippen molar-refractivity contribution in [1.82, 2.24) is 4.90 Å². The van der Waals surface area contributed by atoms with Crippen molar-refractivity contribution in [1.29, 1.82) is 0 Å². The number of Topliss-reactive ketones (excluding diaryl/α,β-unsaturated/α-hetero) is 1. The maximum absolute atomic E-state index is 11.6. The summed E-state index contributed by atoms with van der Waals surface area (Å²) in [6.45, 7) is 3.62. The van der Waals surface area contributed by atoms with Gasteiger partial charge in [-0.3, -0.25) is 9.59 Å². The minimum Gasteiger partial charge on any atom is -0.460 e. The summed E-state index contributed by atoms with van der Waals surface area (Å²) in [6.07, 6.45) is -0.418. The van der Waals surface area contributed by atoms with Crippen molar-refractivity contribution in [3.63, 3.8) is 0 Å². The highest BCUT2D eigenvalue weighted by molar-refractivity contribution is 6.36. The first-order chi connectivity index (χ1) is 7.65. The molecule has 0 bridgehead atoms. The predicted molar refractivity (Wildman–Crippen MR) is 53.7 cm³/mol. The first-order valence-electron chi connectivity index (χ1n) is 5.20. The summed E-state index contributed by atoms with van der Waals surface area (Å²) in [6, 6.07) is 0. The van der Waals surface area contributed by atoms with Crippen molar-refractivity contribution in [3.8, 4) is 0 Å². The van der Waals surface area contributed by atoms with E-state index in [0.29, 0.717) is 26.3 Å². The predicted octanol–water partition coefficient (Wildman–Crippen LogP) is -0.632. The Bertz CT molecular complexity index is 283. The summed E-state index contributed by atoms with van der Waals surface area (Å²) in [5.74, 6) is -2.08. The second kappa shape index (κ2) is 6.22. The number of ether oxygens (including phenoxy) is 2. The van der Waals surface area contributed by atoms with Gasteiger partial charge in [0.2, 0.25) is 11.7 Å². The van der Waals surface area contributed by atoms with Crippen LogP contribution in [0.2, 0.25) is 0 Å². The average molecular weight is 229 g/mol. The van der Waals surface area contributed by atoms with Crippen LogP contribution in [-0.2, 0) is 23.9 Å². The maximum Gasteiger partial charge on any atom is 0.375 e. The number of rotatable bonds is 4. The van der Waals surface area contributed by atoms with E-state index in [0.717, 1.165) is 0 Å². The van der Waals surface area contributed by atoms with E-state index in [2.05, 4.69) is 4.74 Å². The number of morpholine rings is 1. The van der Waals surface area contributed by atoms with Gasteiger partial charge in [-0.05, 0) is 6.92 Å². The molecule has 1 aliphatic rings. The second-order valence-corrected chi connectivity index (χ2v) is 3.31. The normalized spacial score (nSPS) is 15.7. The quantitative estimate of drug-likeness (QED) is 0.364. The highest BCUT2D eigenvalue weighted by Crippen LogP contribution is 2.01. The molecule has 0 radical (unpaired) electrons. The number of hydrogen-bond donors (Lipinski definition) is 0. The van der Waals surface area contributed by atoms with Gasteiger partial charge in [-0.25, -0.2) is 4.79 Å². The van der Waals surface area contributed by atoms with Crippen molar-refractivity contribution in [2.75, 3.05) is 32.9 Å². The van der Waals surface area contributed by atoms with Crippen LogP contribution in [0.3, 0.4) is 0 Å². The van der Waals surface area contributed by atoms with Crippen LogP contribution in [0.1, 0.15) is 13.3 Å². The topological polar surface area (TPSA) is 72.9 Å². The molecule has 1 aliphatic heterocycles. The van der Waals surface area contributed by atoms with E-state index >= 15 is 0 Å². The van der Waals surface area contributed by atoms with Gasteiger partial charge in [0.25, 0.3) is 0 Å². The molecule has 1 rings (SSSR count). The molecule has 0 saturated carbocycles. The summed E-state index contributed by atoms with van der Waals surface area (Å²) in [7, 11) is 0. The molecular weight excluding hydrogens is 214 g/mol. The minimum atomic E-state index is -0.941. The summed E-state index contributed by atoms with van der Waals surface area (Å²) in [5, 5.41) is 0. The van der Waals surface area contributed by atoms with Crippen molar-refractivity contribution < 1.29 is 23.9 Å². The van der Waals surface area contributed by atoms with Crippen molar-refractivity contribution in [3.05, 3.63) is 0 Å². The monoisotopic (exact) mass is 229 g/mol. The molecule has 16 heavy (non-hydrogen) atoms. The number of nitrogens with zero attached hydrogens (tertiary/aromatic N) is 1. The molecular formula is C10H15NO5. The van der Waals surface area contributed by atoms with Gasteiger partial charge in [0.05, 0.1) is 26.2 Å². The molecule has 0 unspecified atom stereocenters. The first kappa shape index (κ1) is 12.6. The zero-order valence-electron chi connectivity index (χ0n) is 9.23. The van der Waals surface area contributed by atoms with Gasteiger partial charge >= 0.3 is 5.97 Å². The van der Waals surface area contributed by atoms with E-state index in [1.807, 2.05) is 0 Å². The molecule has 6 nitrogen and oxygen atoms in total. The van der Waals surface area contributed by atoms with Crippen LogP contribution in [0.4, 0.5) is 0 Å². The number of hydrogen-bond acceptors (Lipinski definition) is 5. The zero-order chi connectivity index (χ0) is 12.0. The fraction of sp³-hybridized carbons (Fsp3) is 0.700. The Kier molecular flexibility index (Phi) is 4.91. The number of carbonyl (C=O) groups is 3. The van der Waals surface area contributed by atoms with E-state index in [9.17, 15) is 14.4 Å². The number of ketones is 1. The smallest absolute Gasteiger partial charge is 0.375 e. The van der Waals surface area contributed by atoms with Gasteiger partial charge in [0, 0.05) is 13.1 Å². The number of carbonyl (C=O) groups excluding carboxylic acids is 3. The van der Waals surface area contributed by atoms with Crippen LogP contribution in [0.5, 0.6) is 0 Å². The molecule has 0 aliphatic carbocycles. The highest BCUT2D eigenvalue weighted by Gasteiger charge is 2.23. The van der Waals surface area contributed by atoms with Crippen LogP contribution in [-0.4, -0.2) is 55.5 Å². The van der Waals surface area contributed by atoms with E-state index in [4.69, 9.17) is 4.74 Å². The van der Waals surface area contributed by atoms with Gasteiger partial charge in [0.15, 0.2) is 0 Å². The van der Waals surface area contributed by atoms with Gasteiger partial charge < -0.3 is 14.4 Å². The van der Waals surface area contributed by atoms with Crippen molar-refractivity contribution in [2.45, 2.75) is 13.3 Å². The lowest BCUT2D eigenvalue weighted by atomic mass is 10.2. The zero-order valence-corrected chi connectivity index (χ0v) is 9.23. The molecule has 1 heterocycles. The van der Waals surface area contributed by atoms with Crippen molar-refractivity contribution in [2.24, 2.45) is 0 Å². The summed E-state index contributed by atoms with van der Waals surface area (Å²) < 4.78 is 9.58. The van der Waals surface area contributed by atoms with Crippen LogP contribution in [0.25, 0.3) is 0 Å². The Balaban J connectivity index is 2.37. The lowest BCUT2D eigenvalue weighted by Gasteiger charge is -2.26.